The molecular weight excluding hydrogens is 436 g/mol. The van der Waals surface area contributed by atoms with Gasteiger partial charge in [-0.25, -0.2) is 0 Å². The first-order chi connectivity index (χ1) is 14.6. The Morgan fingerprint density at radius 2 is 1.87 bits per heavy atom. The quantitative estimate of drug-likeness (QED) is 0.499. The molecule has 2 unspecified atom stereocenters. The highest BCUT2D eigenvalue weighted by molar-refractivity contribution is 8.00. The van der Waals surface area contributed by atoms with E-state index in [-0.39, 0.29) is 24.0 Å². The predicted octanol–water partition coefficient (Wildman–Crippen LogP) is 1.80. The molecule has 0 aromatic heterocycles. The number of methoxy groups -OCH3 is 3. The molecule has 0 saturated carbocycles. The van der Waals surface area contributed by atoms with E-state index >= 15 is 0 Å². The van der Waals surface area contributed by atoms with Gasteiger partial charge in [-0.15, -0.1) is 0 Å². The summed E-state index contributed by atoms with van der Waals surface area (Å²) >= 11 is 1.67. The van der Waals surface area contributed by atoms with Crippen molar-refractivity contribution in [3.05, 3.63) is 42.5 Å². The molecule has 1 aliphatic heterocycles. The first kappa shape index (κ1) is 25.3. The second-order valence-electron chi connectivity index (χ2n) is 6.97. The summed E-state index contributed by atoms with van der Waals surface area (Å²) in [5, 5.41) is 9.01. The molecule has 7 nitrogen and oxygen atoms in total. The van der Waals surface area contributed by atoms with Gasteiger partial charge in [0.1, 0.15) is 5.75 Å². The molecule has 31 heavy (non-hydrogen) atoms. The third kappa shape index (κ3) is 6.26. The lowest BCUT2D eigenvalue weighted by Gasteiger charge is -2.27. The van der Waals surface area contributed by atoms with Gasteiger partial charge in [-0.1, -0.05) is 11.8 Å². The normalized spacial score (nSPS) is 16.2. The summed E-state index contributed by atoms with van der Waals surface area (Å²) < 4.78 is 16.0. The van der Waals surface area contributed by atoms with E-state index in [1.807, 2.05) is 31.3 Å². The average molecular weight is 466 g/mol. The topological polar surface area (TPSA) is 58.9 Å². The predicted molar refractivity (Wildman–Crippen MR) is 123 cm³/mol. The van der Waals surface area contributed by atoms with E-state index in [2.05, 4.69) is 45.2 Å². The van der Waals surface area contributed by atoms with Gasteiger partial charge in [0.2, 0.25) is 0 Å². The van der Waals surface area contributed by atoms with Crippen molar-refractivity contribution in [2.24, 2.45) is 10.2 Å². The first-order valence-electron chi connectivity index (χ1n) is 9.94. The molecule has 0 spiro atoms. The summed E-state index contributed by atoms with van der Waals surface area (Å²) in [5.41, 5.74) is 3.01. The van der Waals surface area contributed by atoms with Gasteiger partial charge in [0.25, 0.3) is 0 Å². The second-order valence-corrected chi connectivity index (χ2v) is 8.07. The molecule has 170 valence electrons. The minimum atomic E-state index is -0.0876. The number of azo groups is 1. The van der Waals surface area contributed by atoms with Gasteiger partial charge < -0.3 is 36.4 Å². The van der Waals surface area contributed by atoms with Crippen molar-refractivity contribution in [3.8, 4) is 5.75 Å². The Morgan fingerprint density at radius 1 is 1.13 bits per heavy atom. The van der Waals surface area contributed by atoms with Crippen molar-refractivity contribution >= 4 is 28.8 Å². The van der Waals surface area contributed by atoms with Crippen LogP contribution >= 0.6 is 11.8 Å². The van der Waals surface area contributed by atoms with Crippen LogP contribution in [0.3, 0.4) is 0 Å². The van der Waals surface area contributed by atoms with Gasteiger partial charge in [0.15, 0.2) is 5.50 Å². The molecule has 1 aliphatic rings. The van der Waals surface area contributed by atoms with Crippen LogP contribution in [0.1, 0.15) is 6.92 Å². The minimum absolute atomic E-state index is 0. The largest absolute Gasteiger partial charge is 1.00 e. The van der Waals surface area contributed by atoms with Gasteiger partial charge in [0.05, 0.1) is 31.2 Å². The number of benzene rings is 2. The maximum Gasteiger partial charge on any atom is 0.194 e. The number of ether oxygens (including phenoxy) is 3. The summed E-state index contributed by atoms with van der Waals surface area (Å²) in [6, 6.07) is 14.2. The molecule has 3 rings (SSSR count). The van der Waals surface area contributed by atoms with Crippen LogP contribution in [0, 0.1) is 0 Å². The van der Waals surface area contributed by atoms with Crippen LogP contribution in [0.2, 0.25) is 0 Å². The van der Waals surface area contributed by atoms with Crippen LogP contribution in [0.25, 0.3) is 0 Å². The van der Waals surface area contributed by atoms with Crippen molar-refractivity contribution in [1.82, 2.24) is 0 Å². The number of likely N-dealkylation sites (N-methyl/N-ethyl adjacent to an activating group) is 1. The van der Waals surface area contributed by atoms with E-state index in [9.17, 15) is 0 Å². The van der Waals surface area contributed by atoms with Crippen LogP contribution in [-0.2, 0) is 9.47 Å². The molecular formula is C22H30ClN4O3S-. The summed E-state index contributed by atoms with van der Waals surface area (Å²) in [5.74, 6) is 0.851. The zero-order chi connectivity index (χ0) is 21.5. The van der Waals surface area contributed by atoms with Crippen molar-refractivity contribution in [2.45, 2.75) is 23.4 Å². The molecule has 1 heterocycles. The molecule has 0 N–H and O–H groups in total. The van der Waals surface area contributed by atoms with E-state index in [0.717, 1.165) is 40.8 Å². The van der Waals surface area contributed by atoms with E-state index in [1.54, 1.807) is 33.1 Å². The average Bonchev–Trinajstić information content (AvgIpc) is 3.10. The van der Waals surface area contributed by atoms with Gasteiger partial charge in [-0.3, -0.25) is 0 Å². The number of rotatable bonds is 10. The molecule has 0 aliphatic carbocycles. The molecule has 0 amide bonds. The highest BCUT2D eigenvalue weighted by atomic mass is 35.5. The Morgan fingerprint density at radius 3 is 2.48 bits per heavy atom. The van der Waals surface area contributed by atoms with Crippen LogP contribution in [0.15, 0.2) is 57.6 Å². The van der Waals surface area contributed by atoms with Crippen molar-refractivity contribution < 1.29 is 26.6 Å². The number of nitrogens with zero attached hydrogens (tertiary/aromatic N) is 4. The number of anilines is 2. The van der Waals surface area contributed by atoms with Crippen molar-refractivity contribution in [1.29, 1.82) is 0 Å². The SMILES string of the molecule is CCN(CC(COC)OC)c1ccc(N=NC2Sc3cc(OC)ccc3N2C)cc1.[Cl-]. The molecule has 0 bridgehead atoms. The Kier molecular flexibility index (Phi) is 9.90. The van der Waals surface area contributed by atoms with Crippen LogP contribution in [-0.4, -0.2) is 59.7 Å². The lowest BCUT2D eigenvalue weighted by molar-refractivity contribution is -0.00000751. The summed E-state index contributed by atoms with van der Waals surface area (Å²) in [4.78, 5) is 5.54. The monoisotopic (exact) mass is 465 g/mol. The minimum Gasteiger partial charge on any atom is -1.00 e. The Labute approximate surface area is 195 Å². The Bertz CT molecular complexity index is 853. The lowest BCUT2D eigenvalue weighted by atomic mass is 10.2. The van der Waals surface area contributed by atoms with Crippen LogP contribution in [0.4, 0.5) is 17.1 Å². The summed E-state index contributed by atoms with van der Waals surface area (Å²) in [6.07, 6.45) is 0.0319. The van der Waals surface area contributed by atoms with E-state index < -0.39 is 0 Å². The Balaban J connectivity index is 0.00000341. The van der Waals surface area contributed by atoms with E-state index in [4.69, 9.17) is 14.2 Å². The van der Waals surface area contributed by atoms with Crippen molar-refractivity contribution in [2.75, 3.05) is 57.9 Å². The maximum absolute atomic E-state index is 5.50. The summed E-state index contributed by atoms with van der Waals surface area (Å²) in [7, 11) is 7.12. The van der Waals surface area contributed by atoms with Gasteiger partial charge in [0, 0.05) is 44.9 Å². The number of fused-ring (bicyclic) bond motifs is 1. The first-order valence-corrected chi connectivity index (χ1v) is 10.8. The summed E-state index contributed by atoms with van der Waals surface area (Å²) in [6.45, 7) is 4.36. The molecule has 2 aromatic carbocycles. The number of hydrogen-bond acceptors (Lipinski definition) is 8. The molecule has 0 saturated heterocycles. The van der Waals surface area contributed by atoms with Gasteiger partial charge in [-0.2, -0.15) is 10.2 Å². The third-order valence-corrected chi connectivity index (χ3v) is 6.29. The molecule has 0 radical (unpaired) electrons. The fourth-order valence-electron chi connectivity index (χ4n) is 3.31. The fraction of sp³-hybridized carbons (Fsp3) is 0.455. The number of thioether (sulfide) groups is 1. The number of halogens is 1. The zero-order valence-corrected chi connectivity index (χ0v) is 20.2. The maximum atomic E-state index is 5.50. The van der Waals surface area contributed by atoms with Gasteiger partial charge in [-0.05, 0) is 49.4 Å². The molecule has 2 aromatic rings. The number of hydrogen-bond donors (Lipinski definition) is 0. The van der Waals surface area contributed by atoms with Crippen molar-refractivity contribution in [3.63, 3.8) is 0 Å². The second kappa shape index (κ2) is 12.1. The lowest BCUT2D eigenvalue weighted by Crippen LogP contribution is -3.00. The fourth-order valence-corrected chi connectivity index (χ4v) is 4.42. The highest BCUT2D eigenvalue weighted by Gasteiger charge is 2.27. The zero-order valence-electron chi connectivity index (χ0n) is 18.6. The smallest absolute Gasteiger partial charge is 0.194 e. The standard InChI is InChI=1S/C22H30N4O3S.ClH/c1-6-26(14-19(29-5)15-27-3)17-9-7-16(8-10-17)23-24-22-25(2)20-12-11-18(28-4)13-21(20)30-22;/h7-13,19,22H,6,14-15H2,1-5H3;1H/p-1. The molecule has 0 fully saturated rings. The van der Waals surface area contributed by atoms with Crippen LogP contribution < -0.4 is 26.9 Å². The van der Waals surface area contributed by atoms with Crippen LogP contribution in [0.5, 0.6) is 5.75 Å². The molecule has 2 atom stereocenters. The van der Waals surface area contributed by atoms with Gasteiger partial charge >= 0.3 is 0 Å². The molecule has 9 heteroatoms. The Hall–Kier alpha value is -2.00. The third-order valence-electron chi connectivity index (χ3n) is 5.09. The highest BCUT2D eigenvalue weighted by Crippen LogP contribution is 2.44. The van der Waals surface area contributed by atoms with E-state index in [1.165, 1.54) is 0 Å². The van der Waals surface area contributed by atoms with E-state index in [0.29, 0.717) is 6.61 Å².